The summed E-state index contributed by atoms with van der Waals surface area (Å²) < 4.78 is 5.24. The van der Waals surface area contributed by atoms with Gasteiger partial charge in [0, 0.05) is 6.42 Å². The van der Waals surface area contributed by atoms with Gasteiger partial charge in [-0.15, -0.1) is 0 Å². The summed E-state index contributed by atoms with van der Waals surface area (Å²) in [5.41, 5.74) is -1.23. The quantitative estimate of drug-likeness (QED) is 0.273. The fourth-order valence-electron chi connectivity index (χ4n) is 1.46. The van der Waals surface area contributed by atoms with Gasteiger partial charge in [0.05, 0.1) is 17.8 Å². The van der Waals surface area contributed by atoms with E-state index in [4.69, 9.17) is 24.3 Å². The molecule has 0 unspecified atom stereocenters. The lowest BCUT2D eigenvalue weighted by Gasteiger charge is -2.34. The first-order chi connectivity index (χ1) is 10.3. The SMILES string of the molecule is CCCOC(=O)C(CC(C)C)(OOC(C)(C)C)OOC(C)(C)C. The van der Waals surface area contributed by atoms with Crippen LogP contribution >= 0.6 is 0 Å². The van der Waals surface area contributed by atoms with Crippen LogP contribution in [0.1, 0.15) is 75.2 Å². The Morgan fingerprint density at radius 3 is 1.61 bits per heavy atom. The van der Waals surface area contributed by atoms with Crippen LogP contribution in [0, 0.1) is 5.92 Å². The molecule has 0 spiro atoms. The Labute approximate surface area is 140 Å². The van der Waals surface area contributed by atoms with Gasteiger partial charge in [-0.2, -0.15) is 9.78 Å². The third-order valence-electron chi connectivity index (χ3n) is 2.28. The Morgan fingerprint density at radius 2 is 1.30 bits per heavy atom. The molecule has 0 aliphatic rings. The van der Waals surface area contributed by atoms with Crippen molar-refractivity contribution in [3.8, 4) is 0 Å². The molecule has 23 heavy (non-hydrogen) atoms. The molecular weight excluding hydrogens is 300 g/mol. The highest BCUT2D eigenvalue weighted by molar-refractivity contribution is 5.77. The maximum atomic E-state index is 12.6. The number of carbonyl (C=O) groups excluding carboxylic acids is 1. The van der Waals surface area contributed by atoms with Gasteiger partial charge in [-0.05, 0) is 53.9 Å². The monoisotopic (exact) mass is 334 g/mol. The molecular formula is C17H34O6. The third kappa shape index (κ3) is 9.91. The van der Waals surface area contributed by atoms with E-state index in [0.29, 0.717) is 6.42 Å². The van der Waals surface area contributed by atoms with Gasteiger partial charge in [0.1, 0.15) is 0 Å². The van der Waals surface area contributed by atoms with Crippen molar-refractivity contribution in [3.63, 3.8) is 0 Å². The van der Waals surface area contributed by atoms with Crippen molar-refractivity contribution >= 4 is 5.97 Å². The molecule has 6 heteroatoms. The minimum atomic E-state index is -1.76. The lowest BCUT2D eigenvalue weighted by Crippen LogP contribution is -2.49. The van der Waals surface area contributed by atoms with E-state index in [1.54, 1.807) is 0 Å². The second kappa shape index (κ2) is 8.97. The van der Waals surface area contributed by atoms with Gasteiger partial charge < -0.3 is 4.74 Å². The summed E-state index contributed by atoms with van der Waals surface area (Å²) in [6.07, 6.45) is 0.936. The average molecular weight is 334 g/mol. The second-order valence-corrected chi connectivity index (χ2v) is 8.04. The predicted octanol–water partition coefficient (Wildman–Crippen LogP) is 4.18. The zero-order valence-electron chi connectivity index (χ0n) is 16.1. The number of esters is 1. The van der Waals surface area contributed by atoms with Crippen LogP contribution in [-0.2, 0) is 29.1 Å². The molecule has 0 radical (unpaired) electrons. The standard InChI is InChI=1S/C17H34O6/c1-10-11-19-14(18)17(12-13(2)3,22-20-15(4,5)6)23-21-16(7,8)9/h13H,10-12H2,1-9H3. The molecule has 0 bridgehead atoms. The Morgan fingerprint density at radius 1 is 0.870 bits per heavy atom. The summed E-state index contributed by atoms with van der Waals surface area (Å²) >= 11 is 0. The van der Waals surface area contributed by atoms with Crippen LogP contribution in [0.5, 0.6) is 0 Å². The molecule has 0 aromatic rings. The van der Waals surface area contributed by atoms with Crippen LogP contribution in [-0.4, -0.2) is 29.6 Å². The molecule has 0 aromatic heterocycles. The van der Waals surface area contributed by atoms with Gasteiger partial charge in [0.2, 0.25) is 0 Å². The van der Waals surface area contributed by atoms with E-state index in [1.165, 1.54) is 0 Å². The molecule has 0 saturated heterocycles. The van der Waals surface area contributed by atoms with Crippen LogP contribution in [0.15, 0.2) is 0 Å². The van der Waals surface area contributed by atoms with Crippen molar-refractivity contribution in [2.75, 3.05) is 6.61 Å². The van der Waals surface area contributed by atoms with Gasteiger partial charge in [0.15, 0.2) is 0 Å². The van der Waals surface area contributed by atoms with E-state index < -0.39 is 23.0 Å². The minimum absolute atomic E-state index is 0.0938. The van der Waals surface area contributed by atoms with E-state index in [9.17, 15) is 4.79 Å². The van der Waals surface area contributed by atoms with Crippen LogP contribution in [0.25, 0.3) is 0 Å². The molecule has 0 saturated carbocycles. The first-order valence-electron chi connectivity index (χ1n) is 8.22. The van der Waals surface area contributed by atoms with Crippen LogP contribution in [0.3, 0.4) is 0 Å². The zero-order chi connectivity index (χ0) is 18.3. The summed E-state index contributed by atoms with van der Waals surface area (Å²) in [6, 6.07) is 0. The first-order valence-corrected chi connectivity index (χ1v) is 8.22. The molecule has 6 nitrogen and oxygen atoms in total. The summed E-state index contributed by atoms with van der Waals surface area (Å²) in [6.45, 7) is 17.0. The van der Waals surface area contributed by atoms with Crippen molar-refractivity contribution < 1.29 is 29.1 Å². The summed E-state index contributed by atoms with van der Waals surface area (Å²) in [5.74, 6) is -2.32. The number of hydrogen-bond donors (Lipinski definition) is 0. The molecule has 0 fully saturated rings. The van der Waals surface area contributed by atoms with Gasteiger partial charge >= 0.3 is 11.8 Å². The fraction of sp³-hybridized carbons (Fsp3) is 0.941. The molecule has 0 amide bonds. The van der Waals surface area contributed by atoms with Gasteiger partial charge in [-0.25, -0.2) is 14.6 Å². The highest BCUT2D eigenvalue weighted by Gasteiger charge is 2.48. The summed E-state index contributed by atoms with van der Waals surface area (Å²) in [5, 5.41) is 0. The molecule has 0 N–H and O–H groups in total. The topological polar surface area (TPSA) is 63.2 Å². The number of carbonyl (C=O) groups is 1. The van der Waals surface area contributed by atoms with E-state index in [2.05, 4.69) is 0 Å². The van der Waals surface area contributed by atoms with Gasteiger partial charge in [-0.1, -0.05) is 20.8 Å². The average Bonchev–Trinajstić information content (AvgIpc) is 2.37. The Hall–Kier alpha value is -0.690. The second-order valence-electron chi connectivity index (χ2n) is 8.04. The highest BCUT2D eigenvalue weighted by atomic mass is 17.3. The Balaban J connectivity index is 5.37. The molecule has 138 valence electrons. The fourth-order valence-corrected chi connectivity index (χ4v) is 1.46. The van der Waals surface area contributed by atoms with E-state index in [1.807, 2.05) is 62.3 Å². The van der Waals surface area contributed by atoms with E-state index in [0.717, 1.165) is 0 Å². The van der Waals surface area contributed by atoms with Crippen molar-refractivity contribution in [2.45, 2.75) is 92.1 Å². The molecule has 0 aromatic carbocycles. The molecule has 0 rings (SSSR count). The number of rotatable bonds is 9. The van der Waals surface area contributed by atoms with Crippen molar-refractivity contribution in [2.24, 2.45) is 5.92 Å². The first kappa shape index (κ1) is 22.3. The summed E-state index contributed by atoms with van der Waals surface area (Å²) in [4.78, 5) is 34.1. The lowest BCUT2D eigenvalue weighted by atomic mass is 10.0. The van der Waals surface area contributed by atoms with Crippen molar-refractivity contribution in [1.29, 1.82) is 0 Å². The predicted molar refractivity (Wildman–Crippen MR) is 87.3 cm³/mol. The Kier molecular flexibility index (Phi) is 8.70. The van der Waals surface area contributed by atoms with Crippen molar-refractivity contribution in [3.05, 3.63) is 0 Å². The highest BCUT2D eigenvalue weighted by Crippen LogP contribution is 2.29. The van der Waals surface area contributed by atoms with Gasteiger partial charge in [0.25, 0.3) is 0 Å². The molecule has 0 aliphatic heterocycles. The van der Waals surface area contributed by atoms with E-state index in [-0.39, 0.29) is 18.9 Å². The summed E-state index contributed by atoms with van der Waals surface area (Å²) in [7, 11) is 0. The molecule has 0 aliphatic carbocycles. The lowest BCUT2D eigenvalue weighted by molar-refractivity contribution is -0.530. The largest absolute Gasteiger partial charge is 0.462 e. The van der Waals surface area contributed by atoms with Gasteiger partial charge in [-0.3, -0.25) is 0 Å². The molecule has 0 heterocycles. The number of hydrogen-bond acceptors (Lipinski definition) is 6. The van der Waals surface area contributed by atoms with Crippen LogP contribution in [0.2, 0.25) is 0 Å². The normalized spacial score (nSPS) is 13.5. The minimum Gasteiger partial charge on any atom is -0.462 e. The maximum Gasteiger partial charge on any atom is 0.372 e. The third-order valence-corrected chi connectivity index (χ3v) is 2.28. The van der Waals surface area contributed by atoms with Crippen LogP contribution < -0.4 is 0 Å². The number of ether oxygens (including phenoxy) is 1. The maximum absolute atomic E-state index is 12.6. The van der Waals surface area contributed by atoms with E-state index >= 15 is 0 Å². The van der Waals surface area contributed by atoms with Crippen LogP contribution in [0.4, 0.5) is 0 Å². The smallest absolute Gasteiger partial charge is 0.372 e. The Bertz CT molecular complexity index is 333. The zero-order valence-corrected chi connectivity index (χ0v) is 16.1. The van der Waals surface area contributed by atoms with Crippen molar-refractivity contribution in [1.82, 2.24) is 0 Å². The molecule has 0 atom stereocenters.